The van der Waals surface area contributed by atoms with Crippen LogP contribution in [0.25, 0.3) is 0 Å². The van der Waals surface area contributed by atoms with Gasteiger partial charge in [-0.2, -0.15) is 4.98 Å². The highest BCUT2D eigenvalue weighted by Gasteiger charge is 2.23. The minimum atomic E-state index is 0.0764. The molecule has 0 saturated carbocycles. The van der Waals surface area contributed by atoms with Crippen LogP contribution in [0.3, 0.4) is 0 Å². The van der Waals surface area contributed by atoms with Crippen LogP contribution in [0.5, 0.6) is 5.88 Å². The summed E-state index contributed by atoms with van der Waals surface area (Å²) in [4.78, 5) is 17.5. The number of aromatic nitrogens is 4. The molecule has 0 aromatic carbocycles. The number of nitrogens with zero attached hydrogens (tertiary/aromatic N) is 6. The molecule has 0 unspecified atom stereocenters. The molecule has 0 radical (unpaired) electrons. The summed E-state index contributed by atoms with van der Waals surface area (Å²) in [5, 5.41) is 3.83. The van der Waals surface area contributed by atoms with Crippen LogP contribution >= 0.6 is 0 Å². The van der Waals surface area contributed by atoms with Crippen molar-refractivity contribution in [2.75, 3.05) is 31.1 Å². The van der Waals surface area contributed by atoms with Crippen LogP contribution in [-0.4, -0.2) is 57.3 Å². The predicted octanol–water partition coefficient (Wildman–Crippen LogP) is 1.28. The number of rotatable bonds is 5. The van der Waals surface area contributed by atoms with Crippen molar-refractivity contribution in [1.29, 1.82) is 0 Å². The van der Waals surface area contributed by atoms with Crippen molar-refractivity contribution >= 4 is 5.82 Å². The normalized spacial score (nSPS) is 16.1. The molecule has 0 spiro atoms. The lowest BCUT2D eigenvalue weighted by atomic mass is 10.3. The molecule has 0 N–H and O–H groups in total. The fourth-order valence-corrected chi connectivity index (χ4v) is 2.55. The van der Waals surface area contributed by atoms with Crippen molar-refractivity contribution < 1.29 is 9.26 Å². The highest BCUT2D eigenvalue weighted by Crippen LogP contribution is 2.24. The zero-order valence-electron chi connectivity index (χ0n) is 13.8. The first kappa shape index (κ1) is 15.7. The van der Waals surface area contributed by atoms with Gasteiger partial charge in [0.05, 0.1) is 12.6 Å². The number of piperazine rings is 1. The summed E-state index contributed by atoms with van der Waals surface area (Å²) in [6.45, 7) is 10.0. The number of anilines is 1. The molecule has 0 amide bonds. The summed E-state index contributed by atoms with van der Waals surface area (Å²) in [6.07, 6.45) is 3.44. The maximum atomic E-state index is 5.76. The Morgan fingerprint density at radius 2 is 1.91 bits per heavy atom. The average molecular weight is 318 g/mol. The Balaban J connectivity index is 1.60. The zero-order chi connectivity index (χ0) is 16.2. The molecule has 3 rings (SSSR count). The standard InChI is InChI=1S/C15H22N6O2/c1-11(2)22-15-14(16-4-5-17-15)21-8-6-20(7-9-21)10-13-18-12(3)19-23-13/h4-5,11H,6-10H2,1-3H3. The zero-order valence-corrected chi connectivity index (χ0v) is 13.8. The molecular weight excluding hydrogens is 296 g/mol. The van der Waals surface area contributed by atoms with Crippen molar-refractivity contribution in [2.24, 2.45) is 0 Å². The summed E-state index contributed by atoms with van der Waals surface area (Å²) in [7, 11) is 0. The van der Waals surface area contributed by atoms with Gasteiger partial charge >= 0.3 is 0 Å². The first-order valence-corrected chi connectivity index (χ1v) is 7.86. The monoisotopic (exact) mass is 318 g/mol. The van der Waals surface area contributed by atoms with Gasteiger partial charge < -0.3 is 14.2 Å². The lowest BCUT2D eigenvalue weighted by molar-refractivity contribution is 0.210. The molecule has 1 fully saturated rings. The van der Waals surface area contributed by atoms with Crippen molar-refractivity contribution in [2.45, 2.75) is 33.4 Å². The first-order chi connectivity index (χ1) is 11.1. The highest BCUT2D eigenvalue weighted by molar-refractivity contribution is 5.48. The summed E-state index contributed by atoms with van der Waals surface area (Å²) >= 11 is 0. The molecule has 2 aromatic heterocycles. The quantitative estimate of drug-likeness (QED) is 0.815. The van der Waals surface area contributed by atoms with Crippen LogP contribution in [0.4, 0.5) is 5.82 Å². The van der Waals surface area contributed by atoms with Gasteiger partial charge in [-0.05, 0) is 20.8 Å². The third-order valence-corrected chi connectivity index (χ3v) is 3.59. The summed E-state index contributed by atoms with van der Waals surface area (Å²) in [6, 6.07) is 0. The topological polar surface area (TPSA) is 80.4 Å². The van der Waals surface area contributed by atoms with Crippen LogP contribution in [0, 0.1) is 6.92 Å². The SMILES string of the molecule is Cc1noc(CN2CCN(c3nccnc3OC(C)C)CC2)n1. The minimum absolute atomic E-state index is 0.0764. The van der Waals surface area contributed by atoms with Gasteiger partial charge in [-0.25, -0.2) is 9.97 Å². The third-order valence-electron chi connectivity index (χ3n) is 3.59. The molecule has 1 aliphatic rings. The van der Waals surface area contributed by atoms with Gasteiger partial charge in [0.25, 0.3) is 5.88 Å². The van der Waals surface area contributed by atoms with Crippen LogP contribution in [-0.2, 0) is 6.54 Å². The predicted molar refractivity (Wildman–Crippen MR) is 84.3 cm³/mol. The van der Waals surface area contributed by atoms with E-state index in [0.29, 0.717) is 24.1 Å². The maximum Gasteiger partial charge on any atom is 0.257 e. The van der Waals surface area contributed by atoms with Gasteiger partial charge in [-0.15, -0.1) is 0 Å². The highest BCUT2D eigenvalue weighted by atomic mass is 16.5. The average Bonchev–Trinajstić information content (AvgIpc) is 2.93. The molecule has 3 heterocycles. The van der Waals surface area contributed by atoms with Crippen molar-refractivity contribution in [3.63, 3.8) is 0 Å². The van der Waals surface area contributed by atoms with Gasteiger partial charge in [0.2, 0.25) is 5.89 Å². The maximum absolute atomic E-state index is 5.76. The van der Waals surface area contributed by atoms with Gasteiger partial charge in [0.15, 0.2) is 11.6 Å². The van der Waals surface area contributed by atoms with E-state index in [-0.39, 0.29) is 6.10 Å². The second-order valence-electron chi connectivity index (χ2n) is 5.85. The molecule has 8 heteroatoms. The third kappa shape index (κ3) is 3.95. The number of hydrogen-bond acceptors (Lipinski definition) is 8. The lowest BCUT2D eigenvalue weighted by Crippen LogP contribution is -2.46. The van der Waals surface area contributed by atoms with E-state index in [4.69, 9.17) is 9.26 Å². The van der Waals surface area contributed by atoms with Crippen LogP contribution in [0.15, 0.2) is 16.9 Å². The Morgan fingerprint density at radius 3 is 2.57 bits per heavy atom. The molecule has 124 valence electrons. The van der Waals surface area contributed by atoms with E-state index >= 15 is 0 Å². The second-order valence-corrected chi connectivity index (χ2v) is 5.85. The van der Waals surface area contributed by atoms with Gasteiger partial charge in [0.1, 0.15) is 0 Å². The Kier molecular flexibility index (Phi) is 4.71. The molecule has 23 heavy (non-hydrogen) atoms. The van der Waals surface area contributed by atoms with E-state index in [9.17, 15) is 0 Å². The van der Waals surface area contributed by atoms with Crippen molar-refractivity contribution in [1.82, 2.24) is 25.0 Å². The van der Waals surface area contributed by atoms with E-state index in [1.165, 1.54) is 0 Å². The van der Waals surface area contributed by atoms with Gasteiger partial charge in [-0.3, -0.25) is 4.90 Å². The molecule has 2 aromatic rings. The van der Waals surface area contributed by atoms with Crippen LogP contribution in [0.2, 0.25) is 0 Å². The fraction of sp³-hybridized carbons (Fsp3) is 0.600. The molecule has 0 bridgehead atoms. The Morgan fingerprint density at radius 1 is 1.17 bits per heavy atom. The molecule has 0 atom stereocenters. The van der Waals surface area contributed by atoms with E-state index in [0.717, 1.165) is 32.0 Å². The summed E-state index contributed by atoms with van der Waals surface area (Å²) in [5.41, 5.74) is 0. The minimum Gasteiger partial charge on any atom is -0.472 e. The van der Waals surface area contributed by atoms with E-state index in [1.54, 1.807) is 12.4 Å². The summed E-state index contributed by atoms with van der Waals surface area (Å²) < 4.78 is 10.9. The Bertz CT molecular complexity index is 636. The largest absolute Gasteiger partial charge is 0.472 e. The molecule has 8 nitrogen and oxygen atoms in total. The number of hydrogen-bond donors (Lipinski definition) is 0. The van der Waals surface area contributed by atoms with Gasteiger partial charge in [-0.1, -0.05) is 5.16 Å². The van der Waals surface area contributed by atoms with Crippen LogP contribution < -0.4 is 9.64 Å². The molecule has 1 saturated heterocycles. The molecule has 0 aliphatic carbocycles. The second kappa shape index (κ2) is 6.91. The van der Waals surface area contributed by atoms with Crippen molar-refractivity contribution in [3.05, 3.63) is 24.1 Å². The fourth-order valence-electron chi connectivity index (χ4n) is 2.55. The smallest absolute Gasteiger partial charge is 0.257 e. The number of ether oxygens (including phenoxy) is 1. The lowest BCUT2D eigenvalue weighted by Gasteiger charge is -2.35. The van der Waals surface area contributed by atoms with E-state index < -0.39 is 0 Å². The molecule has 1 aliphatic heterocycles. The summed E-state index contributed by atoms with van der Waals surface area (Å²) in [5.74, 6) is 2.76. The van der Waals surface area contributed by atoms with E-state index in [2.05, 4.69) is 29.9 Å². The van der Waals surface area contributed by atoms with E-state index in [1.807, 2.05) is 20.8 Å². The Labute approximate surface area is 135 Å². The molecular formula is C15H22N6O2. The van der Waals surface area contributed by atoms with Crippen molar-refractivity contribution in [3.8, 4) is 5.88 Å². The number of aryl methyl sites for hydroxylation is 1. The van der Waals surface area contributed by atoms with Crippen LogP contribution in [0.1, 0.15) is 25.6 Å². The first-order valence-electron chi connectivity index (χ1n) is 7.86. The Hall–Kier alpha value is -2.22. The van der Waals surface area contributed by atoms with Gasteiger partial charge in [0, 0.05) is 38.6 Å².